The molecule has 1 aliphatic rings. The molecule has 0 aliphatic carbocycles. The monoisotopic (exact) mass is 227 g/mol. The highest BCUT2D eigenvalue weighted by Gasteiger charge is 2.15. The predicted octanol–water partition coefficient (Wildman–Crippen LogP) is 1.46. The Morgan fingerprint density at radius 1 is 1.60 bits per heavy atom. The maximum absolute atomic E-state index is 5.82. The average Bonchev–Trinajstić information content (AvgIpc) is 2.68. The van der Waals surface area contributed by atoms with Crippen molar-refractivity contribution in [2.24, 2.45) is 5.73 Å². The molecule has 0 bridgehead atoms. The molecule has 2 rings (SSSR count). The number of nitrogens with two attached hydrogens (primary N) is 1. The fourth-order valence-electron chi connectivity index (χ4n) is 1.62. The molecule has 1 fully saturated rings. The Balaban J connectivity index is 1.86. The van der Waals surface area contributed by atoms with Gasteiger partial charge in [0.2, 0.25) is 0 Å². The SMILES string of the molecule is NCCn1cc(OC2CCCCS2)cn1. The lowest BCUT2D eigenvalue weighted by atomic mass is 10.2. The number of ether oxygens (including phenoxy) is 1. The van der Waals surface area contributed by atoms with Gasteiger partial charge in [-0.25, -0.2) is 0 Å². The van der Waals surface area contributed by atoms with Gasteiger partial charge in [0.1, 0.15) is 5.44 Å². The second-order valence-electron chi connectivity index (χ2n) is 3.64. The third kappa shape index (κ3) is 3.14. The first kappa shape index (κ1) is 10.8. The first-order valence-corrected chi connectivity index (χ1v) is 6.44. The predicted molar refractivity (Wildman–Crippen MR) is 62.0 cm³/mol. The number of hydrogen-bond donors (Lipinski definition) is 1. The fraction of sp³-hybridized carbons (Fsp3) is 0.700. The Labute approximate surface area is 94.2 Å². The van der Waals surface area contributed by atoms with Crippen molar-refractivity contribution in [3.63, 3.8) is 0 Å². The van der Waals surface area contributed by atoms with Crippen LogP contribution in [0.5, 0.6) is 5.75 Å². The standard InChI is InChI=1S/C10H17N3OS/c11-4-5-13-8-9(7-12-13)14-10-3-1-2-6-15-10/h7-8,10H,1-6,11H2. The molecule has 5 heteroatoms. The highest BCUT2D eigenvalue weighted by Crippen LogP contribution is 2.27. The van der Waals surface area contributed by atoms with Crippen molar-refractivity contribution in [3.05, 3.63) is 12.4 Å². The van der Waals surface area contributed by atoms with E-state index >= 15 is 0 Å². The Kier molecular flexibility index (Phi) is 3.91. The second-order valence-corrected chi connectivity index (χ2v) is 4.91. The van der Waals surface area contributed by atoms with Gasteiger partial charge in [0.05, 0.1) is 18.9 Å². The third-order valence-corrected chi connectivity index (χ3v) is 3.60. The summed E-state index contributed by atoms with van der Waals surface area (Å²) in [7, 11) is 0. The van der Waals surface area contributed by atoms with E-state index in [1.165, 1.54) is 18.6 Å². The molecule has 0 amide bonds. The van der Waals surface area contributed by atoms with Gasteiger partial charge in [-0.1, -0.05) is 0 Å². The lowest BCUT2D eigenvalue weighted by Crippen LogP contribution is -2.16. The smallest absolute Gasteiger partial charge is 0.158 e. The molecular formula is C10H17N3OS. The van der Waals surface area contributed by atoms with Crippen LogP contribution in [-0.2, 0) is 6.54 Å². The molecule has 0 radical (unpaired) electrons. The summed E-state index contributed by atoms with van der Waals surface area (Å²) in [5.41, 5.74) is 5.76. The summed E-state index contributed by atoms with van der Waals surface area (Å²) in [4.78, 5) is 0. The van der Waals surface area contributed by atoms with Gasteiger partial charge >= 0.3 is 0 Å². The summed E-state index contributed by atoms with van der Waals surface area (Å²) in [5.74, 6) is 2.07. The zero-order valence-corrected chi connectivity index (χ0v) is 9.58. The van der Waals surface area contributed by atoms with E-state index in [1.54, 1.807) is 6.20 Å². The Morgan fingerprint density at radius 3 is 3.27 bits per heavy atom. The molecule has 2 heterocycles. The molecule has 15 heavy (non-hydrogen) atoms. The van der Waals surface area contributed by atoms with Crippen LogP contribution in [0.1, 0.15) is 19.3 Å². The van der Waals surface area contributed by atoms with E-state index < -0.39 is 0 Å². The van der Waals surface area contributed by atoms with E-state index in [0.29, 0.717) is 12.0 Å². The van der Waals surface area contributed by atoms with Crippen molar-refractivity contribution in [1.29, 1.82) is 0 Å². The number of aromatic nitrogens is 2. The van der Waals surface area contributed by atoms with Gasteiger partial charge in [-0.2, -0.15) is 5.10 Å². The van der Waals surface area contributed by atoms with E-state index in [1.807, 2.05) is 22.6 Å². The molecule has 1 aromatic rings. The number of thioether (sulfide) groups is 1. The molecule has 84 valence electrons. The summed E-state index contributed by atoms with van der Waals surface area (Å²) in [5, 5.41) is 4.17. The summed E-state index contributed by atoms with van der Waals surface area (Å²) < 4.78 is 7.64. The summed E-state index contributed by atoms with van der Waals surface area (Å²) in [6.45, 7) is 1.36. The molecular weight excluding hydrogens is 210 g/mol. The van der Waals surface area contributed by atoms with Crippen molar-refractivity contribution in [3.8, 4) is 5.75 Å². The van der Waals surface area contributed by atoms with E-state index in [9.17, 15) is 0 Å². The molecule has 0 saturated carbocycles. The van der Waals surface area contributed by atoms with Crippen molar-refractivity contribution in [2.45, 2.75) is 31.2 Å². The topological polar surface area (TPSA) is 53.1 Å². The number of hydrogen-bond acceptors (Lipinski definition) is 4. The van der Waals surface area contributed by atoms with E-state index in [4.69, 9.17) is 10.5 Å². The van der Waals surface area contributed by atoms with Gasteiger partial charge in [0.25, 0.3) is 0 Å². The third-order valence-electron chi connectivity index (χ3n) is 2.37. The Bertz CT molecular complexity index is 297. The lowest BCUT2D eigenvalue weighted by molar-refractivity contribution is 0.268. The molecule has 1 atom stereocenters. The van der Waals surface area contributed by atoms with Gasteiger partial charge in [0, 0.05) is 6.54 Å². The van der Waals surface area contributed by atoms with Crippen molar-refractivity contribution >= 4 is 11.8 Å². The molecule has 4 nitrogen and oxygen atoms in total. The van der Waals surface area contributed by atoms with E-state index in [0.717, 1.165) is 18.7 Å². The van der Waals surface area contributed by atoms with Crippen LogP contribution in [0.4, 0.5) is 0 Å². The first-order chi connectivity index (χ1) is 7.38. The molecule has 1 aromatic heterocycles. The van der Waals surface area contributed by atoms with Crippen LogP contribution in [0, 0.1) is 0 Å². The highest BCUT2D eigenvalue weighted by molar-refractivity contribution is 7.99. The largest absolute Gasteiger partial charge is 0.477 e. The highest BCUT2D eigenvalue weighted by atomic mass is 32.2. The quantitative estimate of drug-likeness (QED) is 0.846. The molecule has 0 spiro atoms. The van der Waals surface area contributed by atoms with Crippen LogP contribution in [0.15, 0.2) is 12.4 Å². The van der Waals surface area contributed by atoms with Crippen LogP contribution in [0.3, 0.4) is 0 Å². The zero-order valence-electron chi connectivity index (χ0n) is 8.76. The van der Waals surface area contributed by atoms with Crippen molar-refractivity contribution < 1.29 is 4.74 Å². The Hall–Kier alpha value is -0.680. The minimum atomic E-state index is 0.314. The summed E-state index contributed by atoms with van der Waals surface area (Å²) in [6.07, 6.45) is 7.42. The van der Waals surface area contributed by atoms with Gasteiger partial charge < -0.3 is 10.5 Å². The van der Waals surface area contributed by atoms with Crippen molar-refractivity contribution in [2.75, 3.05) is 12.3 Å². The minimum Gasteiger partial charge on any atom is -0.477 e. The normalized spacial score (nSPS) is 21.5. The fourth-order valence-corrected chi connectivity index (χ4v) is 2.76. The molecule has 1 aliphatic heterocycles. The maximum atomic E-state index is 5.82. The van der Waals surface area contributed by atoms with Gasteiger partial charge in [-0.15, -0.1) is 11.8 Å². The van der Waals surface area contributed by atoms with Crippen molar-refractivity contribution in [1.82, 2.24) is 9.78 Å². The molecule has 2 N–H and O–H groups in total. The van der Waals surface area contributed by atoms with Crippen LogP contribution in [0.25, 0.3) is 0 Å². The Morgan fingerprint density at radius 2 is 2.53 bits per heavy atom. The zero-order chi connectivity index (χ0) is 10.5. The lowest BCUT2D eigenvalue weighted by Gasteiger charge is -2.21. The van der Waals surface area contributed by atoms with Gasteiger partial charge in [-0.3, -0.25) is 4.68 Å². The number of rotatable bonds is 4. The van der Waals surface area contributed by atoms with Gasteiger partial charge in [0.15, 0.2) is 5.75 Å². The first-order valence-electron chi connectivity index (χ1n) is 5.39. The molecule has 1 unspecified atom stereocenters. The second kappa shape index (κ2) is 5.42. The van der Waals surface area contributed by atoms with E-state index in [-0.39, 0.29) is 0 Å². The van der Waals surface area contributed by atoms with Crippen LogP contribution in [-0.4, -0.2) is 27.5 Å². The van der Waals surface area contributed by atoms with Crippen LogP contribution < -0.4 is 10.5 Å². The summed E-state index contributed by atoms with van der Waals surface area (Å²) >= 11 is 1.90. The van der Waals surface area contributed by atoms with Crippen LogP contribution in [0.2, 0.25) is 0 Å². The maximum Gasteiger partial charge on any atom is 0.158 e. The molecule has 0 aromatic carbocycles. The van der Waals surface area contributed by atoms with E-state index in [2.05, 4.69) is 5.10 Å². The average molecular weight is 227 g/mol. The summed E-state index contributed by atoms with van der Waals surface area (Å²) in [6, 6.07) is 0. The number of nitrogens with zero attached hydrogens (tertiary/aromatic N) is 2. The van der Waals surface area contributed by atoms with Crippen LogP contribution >= 0.6 is 11.8 Å². The van der Waals surface area contributed by atoms with Gasteiger partial charge in [-0.05, 0) is 25.0 Å². The minimum absolute atomic E-state index is 0.314. The molecule has 1 saturated heterocycles.